The van der Waals surface area contributed by atoms with Gasteiger partial charge in [0.2, 0.25) is 0 Å². The molecule has 0 aliphatic heterocycles. The summed E-state index contributed by atoms with van der Waals surface area (Å²) in [6, 6.07) is 23.7. The van der Waals surface area contributed by atoms with E-state index in [0.717, 1.165) is 0 Å². The molecule has 0 heterocycles. The van der Waals surface area contributed by atoms with Crippen molar-refractivity contribution in [3.8, 4) is 0 Å². The number of carbonyl (C=O) groups excluding carboxylic acids is 4. The largest absolute Gasteiger partial charge is 0.398 e. The van der Waals surface area contributed by atoms with Crippen molar-refractivity contribution in [2.45, 2.75) is 0 Å². The first-order valence-corrected chi connectivity index (χ1v) is 10.5. The lowest BCUT2D eigenvalue weighted by Crippen LogP contribution is -2.23. The van der Waals surface area contributed by atoms with Gasteiger partial charge in [-0.15, -0.1) is 0 Å². The Labute approximate surface area is 194 Å². The fourth-order valence-corrected chi connectivity index (χ4v) is 4.32. The third-order valence-corrected chi connectivity index (χ3v) is 5.97. The van der Waals surface area contributed by atoms with Crippen LogP contribution in [0.3, 0.4) is 0 Å². The quantitative estimate of drug-likeness (QED) is 0.339. The van der Waals surface area contributed by atoms with Crippen molar-refractivity contribution in [3.05, 3.63) is 129 Å². The van der Waals surface area contributed by atoms with Gasteiger partial charge in [-0.05, 0) is 12.1 Å². The zero-order valence-electron chi connectivity index (χ0n) is 17.9. The third kappa shape index (κ3) is 3.12. The number of benzene rings is 4. The van der Waals surface area contributed by atoms with E-state index >= 15 is 0 Å². The standard InChI is InChI=1S/C14H10N2O2.C14H8O2/c15-9-5-6-10(16)12-11(9)13(17)7-3-1-2-4-8(7)14(12)18;15-13-9-5-1-2-6-10(9)14(16)12-8-4-3-7-11(12)13/h1-6H,15-16H2;1-8H. The Morgan fingerprint density at radius 3 is 0.853 bits per heavy atom. The molecular weight excluding hydrogens is 428 g/mol. The van der Waals surface area contributed by atoms with E-state index in [0.29, 0.717) is 33.4 Å². The highest BCUT2D eigenvalue weighted by atomic mass is 16.1. The van der Waals surface area contributed by atoms with Crippen LogP contribution in [0.25, 0.3) is 0 Å². The van der Waals surface area contributed by atoms with Gasteiger partial charge in [0.1, 0.15) is 0 Å². The molecule has 6 rings (SSSR count). The highest BCUT2D eigenvalue weighted by Gasteiger charge is 2.32. The van der Waals surface area contributed by atoms with Gasteiger partial charge in [0.05, 0.1) is 11.1 Å². The number of nitrogen functional groups attached to an aromatic ring is 2. The van der Waals surface area contributed by atoms with Crippen LogP contribution in [0.15, 0.2) is 84.9 Å². The number of anilines is 2. The van der Waals surface area contributed by atoms with Crippen LogP contribution < -0.4 is 11.5 Å². The summed E-state index contributed by atoms with van der Waals surface area (Å²) in [5, 5.41) is 0. The fraction of sp³-hybridized carbons (Fsp3) is 0. The minimum atomic E-state index is -0.245. The van der Waals surface area contributed by atoms with Crippen LogP contribution >= 0.6 is 0 Å². The Bertz CT molecular complexity index is 1390. The Morgan fingerprint density at radius 2 is 0.588 bits per heavy atom. The van der Waals surface area contributed by atoms with Crippen molar-refractivity contribution < 1.29 is 19.2 Å². The maximum Gasteiger partial charge on any atom is 0.196 e. The second-order valence-corrected chi connectivity index (χ2v) is 7.95. The molecule has 0 saturated carbocycles. The maximum atomic E-state index is 12.3. The first-order chi connectivity index (χ1) is 16.4. The monoisotopic (exact) mass is 446 g/mol. The number of hydrogen-bond acceptors (Lipinski definition) is 6. The predicted octanol–water partition coefficient (Wildman–Crippen LogP) is 4.09. The molecule has 164 valence electrons. The lowest BCUT2D eigenvalue weighted by atomic mass is 9.82. The van der Waals surface area contributed by atoms with E-state index in [1.807, 2.05) is 0 Å². The highest BCUT2D eigenvalue weighted by molar-refractivity contribution is 6.31. The van der Waals surface area contributed by atoms with Crippen molar-refractivity contribution in [2.75, 3.05) is 11.5 Å². The molecule has 0 amide bonds. The molecule has 0 spiro atoms. The number of rotatable bonds is 0. The van der Waals surface area contributed by atoms with Gasteiger partial charge in [0, 0.05) is 44.8 Å². The lowest BCUT2D eigenvalue weighted by molar-refractivity contribution is 0.0979. The summed E-state index contributed by atoms with van der Waals surface area (Å²) in [7, 11) is 0. The molecule has 0 fully saturated rings. The molecule has 2 aliphatic carbocycles. The van der Waals surface area contributed by atoms with E-state index in [2.05, 4.69) is 0 Å². The van der Waals surface area contributed by atoms with Gasteiger partial charge in [-0.1, -0.05) is 72.8 Å². The molecule has 2 aliphatic rings. The summed E-state index contributed by atoms with van der Waals surface area (Å²) in [5.41, 5.74) is 15.4. The smallest absolute Gasteiger partial charge is 0.196 e. The van der Waals surface area contributed by atoms with E-state index in [4.69, 9.17) is 11.5 Å². The predicted molar refractivity (Wildman–Crippen MR) is 128 cm³/mol. The van der Waals surface area contributed by atoms with E-state index in [1.54, 1.807) is 84.9 Å². The third-order valence-electron chi connectivity index (χ3n) is 5.97. The van der Waals surface area contributed by atoms with Crippen LogP contribution in [0.4, 0.5) is 11.4 Å². The van der Waals surface area contributed by atoms with E-state index in [9.17, 15) is 19.2 Å². The topological polar surface area (TPSA) is 120 Å². The molecule has 6 nitrogen and oxygen atoms in total. The Hall–Kier alpha value is -4.84. The minimum Gasteiger partial charge on any atom is -0.398 e. The second kappa shape index (κ2) is 7.94. The van der Waals surface area contributed by atoms with Gasteiger partial charge in [0.25, 0.3) is 0 Å². The van der Waals surface area contributed by atoms with Crippen molar-refractivity contribution in [1.82, 2.24) is 0 Å². The first kappa shape index (κ1) is 21.0. The van der Waals surface area contributed by atoms with Gasteiger partial charge < -0.3 is 11.5 Å². The fourth-order valence-electron chi connectivity index (χ4n) is 4.32. The number of fused-ring (bicyclic) bond motifs is 4. The summed E-state index contributed by atoms with van der Waals surface area (Å²) >= 11 is 0. The van der Waals surface area contributed by atoms with Crippen LogP contribution in [-0.4, -0.2) is 23.1 Å². The minimum absolute atomic E-state index is 0.0641. The number of nitrogens with two attached hydrogens (primary N) is 2. The summed E-state index contributed by atoms with van der Waals surface area (Å²) < 4.78 is 0. The van der Waals surface area contributed by atoms with Crippen LogP contribution in [0.1, 0.15) is 63.7 Å². The number of ketones is 4. The highest BCUT2D eigenvalue weighted by Crippen LogP contribution is 2.34. The molecule has 4 aromatic rings. The zero-order chi connectivity index (χ0) is 24.0. The second-order valence-electron chi connectivity index (χ2n) is 7.95. The molecule has 0 bridgehead atoms. The molecule has 34 heavy (non-hydrogen) atoms. The van der Waals surface area contributed by atoms with Crippen molar-refractivity contribution in [1.29, 1.82) is 0 Å². The maximum absolute atomic E-state index is 12.3. The van der Waals surface area contributed by atoms with Gasteiger partial charge in [0.15, 0.2) is 23.1 Å². The molecule has 0 saturated heterocycles. The van der Waals surface area contributed by atoms with E-state index < -0.39 is 0 Å². The Kier molecular flexibility index (Phi) is 4.91. The van der Waals surface area contributed by atoms with Gasteiger partial charge >= 0.3 is 0 Å². The van der Waals surface area contributed by atoms with Crippen molar-refractivity contribution in [2.24, 2.45) is 0 Å². The average Bonchev–Trinajstić information content (AvgIpc) is 2.87. The van der Waals surface area contributed by atoms with Gasteiger partial charge in [-0.25, -0.2) is 0 Å². The molecule has 0 atom stereocenters. The SMILES string of the molecule is Nc1ccc(N)c2c1C(=O)c1ccccc1C2=O.O=C1c2ccccc2C(=O)c2ccccc21. The molecule has 0 radical (unpaired) electrons. The summed E-state index contributed by atoms with van der Waals surface area (Å²) in [6.07, 6.45) is 0. The number of hydrogen-bond donors (Lipinski definition) is 2. The lowest BCUT2D eigenvalue weighted by Gasteiger charge is -2.20. The van der Waals surface area contributed by atoms with Crippen LogP contribution in [0.2, 0.25) is 0 Å². The summed E-state index contributed by atoms with van der Waals surface area (Å²) in [6.45, 7) is 0. The van der Waals surface area contributed by atoms with Crippen molar-refractivity contribution >= 4 is 34.5 Å². The van der Waals surface area contributed by atoms with Crippen LogP contribution in [0, 0.1) is 0 Å². The normalized spacial score (nSPS) is 13.2. The van der Waals surface area contributed by atoms with Crippen LogP contribution in [0.5, 0.6) is 0 Å². The first-order valence-electron chi connectivity index (χ1n) is 10.5. The van der Waals surface area contributed by atoms with Crippen molar-refractivity contribution in [3.63, 3.8) is 0 Å². The molecule has 4 aromatic carbocycles. The molecule has 0 aromatic heterocycles. The molecule has 4 N–H and O–H groups in total. The zero-order valence-corrected chi connectivity index (χ0v) is 17.9. The van der Waals surface area contributed by atoms with Gasteiger partial charge in [-0.2, -0.15) is 0 Å². The summed E-state index contributed by atoms with van der Waals surface area (Å²) in [5.74, 6) is -0.619. The van der Waals surface area contributed by atoms with Crippen LogP contribution in [-0.2, 0) is 0 Å². The summed E-state index contributed by atoms with van der Waals surface area (Å²) in [4.78, 5) is 48.9. The molecule has 6 heteroatoms. The molecular formula is C28H18N2O4. The molecule has 0 unspecified atom stereocenters. The van der Waals surface area contributed by atoms with Gasteiger partial charge in [-0.3, -0.25) is 19.2 Å². The van der Waals surface area contributed by atoms with E-state index in [1.165, 1.54) is 0 Å². The Balaban J connectivity index is 0.000000142. The average molecular weight is 446 g/mol. The Morgan fingerprint density at radius 1 is 0.353 bits per heavy atom. The number of carbonyl (C=O) groups is 4. The van der Waals surface area contributed by atoms with E-state index in [-0.39, 0.29) is 45.6 Å².